The third-order valence-electron chi connectivity index (χ3n) is 3.35. The maximum Gasteiger partial charge on any atom is 0.404 e. The molecule has 0 aromatic heterocycles. The molecule has 3 amide bonds. The molecule has 1 heterocycles. The molecule has 1 aliphatic heterocycles. The molecule has 16 heavy (non-hydrogen) atoms. The minimum Gasteiger partial charge on any atom is -0.465 e. The number of amides is 3. The van der Waals surface area contributed by atoms with Crippen LogP contribution in [0.25, 0.3) is 0 Å². The number of urea groups is 1. The number of nitrogens with one attached hydrogen (secondary N) is 2. The van der Waals surface area contributed by atoms with Crippen LogP contribution in [-0.4, -0.2) is 47.3 Å². The van der Waals surface area contributed by atoms with E-state index in [1.165, 1.54) is 0 Å². The Bertz CT molecular complexity index is 287. The van der Waals surface area contributed by atoms with Gasteiger partial charge in [0.2, 0.25) is 0 Å². The molecule has 0 unspecified atom stereocenters. The van der Waals surface area contributed by atoms with Crippen LogP contribution >= 0.6 is 0 Å². The Labute approximate surface area is 94.0 Å². The van der Waals surface area contributed by atoms with Crippen LogP contribution in [0, 0.1) is 0 Å². The highest BCUT2D eigenvalue weighted by atomic mass is 16.4. The van der Waals surface area contributed by atoms with Crippen LogP contribution in [0.3, 0.4) is 0 Å². The van der Waals surface area contributed by atoms with Gasteiger partial charge >= 0.3 is 12.1 Å². The first-order valence-electron chi connectivity index (χ1n) is 5.71. The van der Waals surface area contributed by atoms with Crippen molar-refractivity contribution in [3.63, 3.8) is 0 Å². The Morgan fingerprint density at radius 2 is 2.06 bits per heavy atom. The molecule has 2 aliphatic rings. The second-order valence-electron chi connectivity index (χ2n) is 4.38. The zero-order valence-electron chi connectivity index (χ0n) is 9.11. The number of hydrogen-bond acceptors (Lipinski definition) is 2. The monoisotopic (exact) mass is 227 g/mol. The lowest BCUT2D eigenvalue weighted by molar-refractivity contribution is 0.160. The Kier molecular flexibility index (Phi) is 3.17. The summed E-state index contributed by atoms with van der Waals surface area (Å²) in [6, 6.07) is 0.364. The number of nitrogens with zero attached hydrogens (tertiary/aromatic N) is 1. The van der Waals surface area contributed by atoms with Crippen LogP contribution in [0.15, 0.2) is 0 Å². The van der Waals surface area contributed by atoms with Gasteiger partial charge in [0.15, 0.2) is 0 Å². The van der Waals surface area contributed by atoms with Gasteiger partial charge in [-0.1, -0.05) is 0 Å². The molecule has 2 fully saturated rings. The normalized spacial score (nSPS) is 30.0. The van der Waals surface area contributed by atoms with Crippen molar-refractivity contribution in [2.45, 2.75) is 37.8 Å². The van der Waals surface area contributed by atoms with E-state index in [0.717, 1.165) is 38.8 Å². The SMILES string of the molecule is O=C(O)NC1CCC(N2CCNC2=O)CC1. The highest BCUT2D eigenvalue weighted by molar-refractivity contribution is 5.76. The third kappa shape index (κ3) is 2.37. The summed E-state index contributed by atoms with van der Waals surface area (Å²) < 4.78 is 0. The molecule has 0 radical (unpaired) electrons. The van der Waals surface area contributed by atoms with Gasteiger partial charge in [-0.2, -0.15) is 0 Å². The van der Waals surface area contributed by atoms with Crippen molar-refractivity contribution in [3.05, 3.63) is 0 Å². The van der Waals surface area contributed by atoms with Gasteiger partial charge in [0.25, 0.3) is 0 Å². The lowest BCUT2D eigenvalue weighted by Gasteiger charge is -2.33. The smallest absolute Gasteiger partial charge is 0.404 e. The molecule has 6 heteroatoms. The molecule has 1 saturated carbocycles. The van der Waals surface area contributed by atoms with Crippen molar-refractivity contribution < 1.29 is 14.7 Å². The zero-order valence-corrected chi connectivity index (χ0v) is 9.11. The molecular weight excluding hydrogens is 210 g/mol. The topological polar surface area (TPSA) is 81.7 Å². The summed E-state index contributed by atoms with van der Waals surface area (Å²) in [5, 5.41) is 13.9. The maximum atomic E-state index is 11.4. The van der Waals surface area contributed by atoms with E-state index in [4.69, 9.17) is 5.11 Å². The number of rotatable bonds is 2. The van der Waals surface area contributed by atoms with Gasteiger partial charge in [-0.05, 0) is 25.7 Å². The van der Waals surface area contributed by atoms with Gasteiger partial charge in [-0.25, -0.2) is 9.59 Å². The van der Waals surface area contributed by atoms with E-state index in [1.54, 1.807) is 0 Å². The quantitative estimate of drug-likeness (QED) is 0.645. The standard InChI is InChI=1S/C10H17N3O3/c14-9-11-5-6-13(9)8-3-1-7(2-4-8)12-10(15)16/h7-8,12H,1-6H2,(H,11,14)(H,15,16). The molecular formula is C10H17N3O3. The predicted octanol–water partition coefficient (Wildman–Crippen LogP) is 0.590. The van der Waals surface area contributed by atoms with Crippen LogP contribution in [0.4, 0.5) is 9.59 Å². The van der Waals surface area contributed by atoms with Gasteiger partial charge in [-0.3, -0.25) is 0 Å². The molecule has 90 valence electrons. The second kappa shape index (κ2) is 4.59. The minimum atomic E-state index is -0.956. The van der Waals surface area contributed by atoms with Crippen molar-refractivity contribution in [1.29, 1.82) is 0 Å². The number of carboxylic acid groups (broad SMARTS) is 1. The number of carbonyl (C=O) groups is 2. The Morgan fingerprint density at radius 1 is 1.38 bits per heavy atom. The van der Waals surface area contributed by atoms with Crippen LogP contribution in [0.2, 0.25) is 0 Å². The molecule has 1 aliphatic carbocycles. The molecule has 0 spiro atoms. The highest BCUT2D eigenvalue weighted by Gasteiger charge is 2.31. The van der Waals surface area contributed by atoms with Crippen molar-refractivity contribution in [3.8, 4) is 0 Å². The fourth-order valence-electron chi connectivity index (χ4n) is 2.54. The zero-order chi connectivity index (χ0) is 11.5. The summed E-state index contributed by atoms with van der Waals surface area (Å²) in [5.74, 6) is 0. The van der Waals surface area contributed by atoms with Crippen molar-refractivity contribution >= 4 is 12.1 Å². The average Bonchev–Trinajstić information content (AvgIpc) is 2.65. The predicted molar refractivity (Wildman–Crippen MR) is 57.3 cm³/mol. The average molecular weight is 227 g/mol. The second-order valence-corrected chi connectivity index (χ2v) is 4.38. The summed E-state index contributed by atoms with van der Waals surface area (Å²) in [6.45, 7) is 1.51. The van der Waals surface area contributed by atoms with E-state index in [0.29, 0.717) is 0 Å². The van der Waals surface area contributed by atoms with Crippen LogP contribution in [-0.2, 0) is 0 Å². The lowest BCUT2D eigenvalue weighted by Crippen LogP contribution is -2.44. The van der Waals surface area contributed by atoms with Gasteiger partial charge < -0.3 is 20.6 Å². The van der Waals surface area contributed by atoms with Crippen LogP contribution in [0.5, 0.6) is 0 Å². The summed E-state index contributed by atoms with van der Waals surface area (Å²) in [7, 11) is 0. The maximum absolute atomic E-state index is 11.4. The molecule has 3 N–H and O–H groups in total. The minimum absolute atomic E-state index is 0.0228. The molecule has 6 nitrogen and oxygen atoms in total. The fraction of sp³-hybridized carbons (Fsp3) is 0.800. The van der Waals surface area contributed by atoms with Gasteiger partial charge in [0.1, 0.15) is 0 Å². The van der Waals surface area contributed by atoms with Gasteiger partial charge in [0.05, 0.1) is 0 Å². The molecule has 2 rings (SSSR count). The summed E-state index contributed by atoms with van der Waals surface area (Å²) in [6.07, 6.45) is 2.46. The van der Waals surface area contributed by atoms with Gasteiger partial charge in [0, 0.05) is 25.2 Å². The van der Waals surface area contributed by atoms with Crippen molar-refractivity contribution in [2.24, 2.45) is 0 Å². The van der Waals surface area contributed by atoms with E-state index in [9.17, 15) is 9.59 Å². The van der Waals surface area contributed by atoms with E-state index in [1.807, 2.05) is 4.90 Å². The summed E-state index contributed by atoms with van der Waals surface area (Å²) >= 11 is 0. The first-order chi connectivity index (χ1) is 7.66. The Morgan fingerprint density at radius 3 is 2.56 bits per heavy atom. The van der Waals surface area contributed by atoms with E-state index < -0.39 is 6.09 Å². The molecule has 0 atom stereocenters. The highest BCUT2D eigenvalue weighted by Crippen LogP contribution is 2.24. The first-order valence-corrected chi connectivity index (χ1v) is 5.71. The Hall–Kier alpha value is -1.46. The van der Waals surface area contributed by atoms with E-state index in [-0.39, 0.29) is 18.1 Å². The fourth-order valence-corrected chi connectivity index (χ4v) is 2.54. The third-order valence-corrected chi connectivity index (χ3v) is 3.35. The van der Waals surface area contributed by atoms with E-state index >= 15 is 0 Å². The molecule has 0 bridgehead atoms. The van der Waals surface area contributed by atoms with Crippen molar-refractivity contribution in [1.82, 2.24) is 15.5 Å². The number of carbonyl (C=O) groups excluding carboxylic acids is 1. The molecule has 0 aromatic rings. The largest absolute Gasteiger partial charge is 0.465 e. The Balaban J connectivity index is 1.80. The first kappa shape index (κ1) is 11.0. The van der Waals surface area contributed by atoms with Crippen molar-refractivity contribution in [2.75, 3.05) is 13.1 Å². The van der Waals surface area contributed by atoms with Crippen LogP contribution in [0.1, 0.15) is 25.7 Å². The number of hydrogen-bond donors (Lipinski definition) is 3. The van der Waals surface area contributed by atoms with Crippen LogP contribution < -0.4 is 10.6 Å². The molecule has 1 saturated heterocycles. The van der Waals surface area contributed by atoms with E-state index in [2.05, 4.69) is 10.6 Å². The van der Waals surface area contributed by atoms with Gasteiger partial charge in [-0.15, -0.1) is 0 Å². The summed E-state index contributed by atoms with van der Waals surface area (Å²) in [4.78, 5) is 23.8. The molecule has 0 aromatic carbocycles. The lowest BCUT2D eigenvalue weighted by atomic mass is 9.90. The summed E-state index contributed by atoms with van der Waals surface area (Å²) in [5.41, 5.74) is 0.